The van der Waals surface area contributed by atoms with Gasteiger partial charge >= 0.3 is 0 Å². The van der Waals surface area contributed by atoms with Crippen LogP contribution < -0.4 is 0 Å². The van der Waals surface area contributed by atoms with E-state index in [4.69, 9.17) is 4.98 Å². The average molecular weight is 386 g/mol. The average Bonchev–Trinajstić information content (AvgIpc) is 3.43. The summed E-state index contributed by atoms with van der Waals surface area (Å²) < 4.78 is 1.66. The smallest absolute Gasteiger partial charge is 0.254 e. The number of carbonyl (C=O) groups excluding carboxylic acids is 1. The number of nitrogens with zero attached hydrogens (tertiary/aromatic N) is 5. The quantitative estimate of drug-likeness (QED) is 0.584. The van der Waals surface area contributed by atoms with Gasteiger partial charge in [0.2, 0.25) is 0 Å². The summed E-state index contributed by atoms with van der Waals surface area (Å²) in [6, 6.07) is 13.5. The van der Waals surface area contributed by atoms with Crippen molar-refractivity contribution in [2.75, 3.05) is 13.1 Å². The number of hydrogen-bond donors (Lipinski definition) is 1. The molecule has 0 radical (unpaired) electrons. The van der Waals surface area contributed by atoms with Gasteiger partial charge in [-0.05, 0) is 49.1 Å². The maximum Gasteiger partial charge on any atom is 0.254 e. The van der Waals surface area contributed by atoms with Gasteiger partial charge in [0.1, 0.15) is 5.82 Å². The summed E-state index contributed by atoms with van der Waals surface area (Å²) in [5.74, 6) is 2.29. The Labute approximate surface area is 168 Å². The predicted molar refractivity (Wildman–Crippen MR) is 110 cm³/mol. The highest BCUT2D eigenvalue weighted by molar-refractivity contribution is 5.94. The molecule has 7 nitrogen and oxygen atoms in total. The van der Waals surface area contributed by atoms with Crippen LogP contribution in [-0.2, 0) is 6.42 Å². The van der Waals surface area contributed by atoms with Crippen LogP contribution in [0.15, 0.2) is 61.1 Å². The van der Waals surface area contributed by atoms with Crippen LogP contribution >= 0.6 is 0 Å². The van der Waals surface area contributed by atoms with Crippen LogP contribution in [-0.4, -0.2) is 48.6 Å². The number of amides is 1. The summed E-state index contributed by atoms with van der Waals surface area (Å²) in [6.45, 7) is 1.53. The zero-order chi connectivity index (χ0) is 19.6. The minimum absolute atomic E-state index is 0.0583. The van der Waals surface area contributed by atoms with Crippen LogP contribution in [0.5, 0.6) is 0 Å². The number of rotatable bonds is 4. The standard InChI is InChI=1S/C22H22N6O/c29-22(17-6-10-23-21(15-17)28-11-3-9-24-28)27-12-7-16(8-13-27)14-20-25-18-4-1-2-5-19(18)26-20/h1-6,9-11,15-16H,7-8,12-14H2,(H,25,26). The van der Waals surface area contributed by atoms with E-state index in [1.165, 1.54) is 0 Å². The lowest BCUT2D eigenvalue weighted by Gasteiger charge is -2.31. The van der Waals surface area contributed by atoms with Crippen molar-refractivity contribution in [3.05, 3.63) is 72.4 Å². The molecular formula is C22H22N6O. The molecule has 1 N–H and O–H groups in total. The first-order valence-electron chi connectivity index (χ1n) is 9.95. The van der Waals surface area contributed by atoms with Gasteiger partial charge in [0, 0.05) is 43.7 Å². The van der Waals surface area contributed by atoms with Gasteiger partial charge in [-0.2, -0.15) is 5.10 Å². The SMILES string of the molecule is O=C(c1ccnc(-n2cccn2)c1)N1CCC(Cc2nc3ccccc3[nH]2)CC1. The van der Waals surface area contributed by atoms with Crippen molar-refractivity contribution in [1.82, 2.24) is 29.6 Å². The number of piperidine rings is 1. The summed E-state index contributed by atoms with van der Waals surface area (Å²) in [7, 11) is 0. The van der Waals surface area contributed by atoms with Crippen LogP contribution in [0, 0.1) is 5.92 Å². The zero-order valence-corrected chi connectivity index (χ0v) is 16.0. The van der Waals surface area contributed by atoms with E-state index >= 15 is 0 Å². The Morgan fingerprint density at radius 2 is 1.97 bits per heavy atom. The van der Waals surface area contributed by atoms with E-state index in [0.29, 0.717) is 17.3 Å². The second-order valence-electron chi connectivity index (χ2n) is 7.49. The fraction of sp³-hybridized carbons (Fsp3) is 0.273. The van der Waals surface area contributed by atoms with Crippen LogP contribution in [0.2, 0.25) is 0 Å². The molecule has 0 unspecified atom stereocenters. The highest BCUT2D eigenvalue weighted by Crippen LogP contribution is 2.23. The molecular weight excluding hydrogens is 364 g/mol. The van der Waals surface area contributed by atoms with Crippen molar-refractivity contribution in [3.8, 4) is 5.82 Å². The number of fused-ring (bicyclic) bond motifs is 1. The van der Waals surface area contributed by atoms with E-state index in [0.717, 1.165) is 49.2 Å². The first-order chi connectivity index (χ1) is 14.3. The summed E-state index contributed by atoms with van der Waals surface area (Å²) in [5.41, 5.74) is 2.75. The number of carbonyl (C=O) groups is 1. The lowest BCUT2D eigenvalue weighted by Crippen LogP contribution is -2.39. The van der Waals surface area contributed by atoms with Crippen molar-refractivity contribution in [3.63, 3.8) is 0 Å². The van der Waals surface area contributed by atoms with Crippen molar-refractivity contribution >= 4 is 16.9 Å². The molecule has 1 fully saturated rings. The molecule has 5 rings (SSSR count). The van der Waals surface area contributed by atoms with E-state index in [1.54, 1.807) is 29.2 Å². The maximum atomic E-state index is 13.0. The van der Waals surface area contributed by atoms with Gasteiger partial charge in [0.15, 0.2) is 5.82 Å². The Morgan fingerprint density at radius 1 is 1.10 bits per heavy atom. The van der Waals surface area contributed by atoms with E-state index in [1.807, 2.05) is 35.4 Å². The van der Waals surface area contributed by atoms with Gasteiger partial charge < -0.3 is 9.88 Å². The molecule has 0 bridgehead atoms. The molecule has 0 aliphatic carbocycles. The van der Waals surface area contributed by atoms with Crippen LogP contribution in [0.4, 0.5) is 0 Å². The van der Waals surface area contributed by atoms with Crippen LogP contribution in [0.1, 0.15) is 29.0 Å². The zero-order valence-electron chi connectivity index (χ0n) is 16.0. The van der Waals surface area contributed by atoms with Gasteiger partial charge in [-0.25, -0.2) is 14.6 Å². The maximum absolute atomic E-state index is 13.0. The Hall–Kier alpha value is -3.48. The van der Waals surface area contributed by atoms with Crippen molar-refractivity contribution < 1.29 is 4.79 Å². The number of aromatic nitrogens is 5. The molecule has 1 aliphatic rings. The van der Waals surface area contributed by atoms with Gasteiger partial charge in [-0.3, -0.25) is 4.79 Å². The van der Waals surface area contributed by atoms with E-state index in [2.05, 4.69) is 21.1 Å². The molecule has 0 spiro atoms. The third-order valence-electron chi connectivity index (χ3n) is 5.55. The first kappa shape index (κ1) is 17.6. The second kappa shape index (κ2) is 7.50. The van der Waals surface area contributed by atoms with Gasteiger partial charge in [-0.1, -0.05) is 12.1 Å². The molecule has 7 heteroatoms. The van der Waals surface area contributed by atoms with Gasteiger partial charge in [0.05, 0.1) is 11.0 Å². The molecule has 3 aromatic heterocycles. The minimum Gasteiger partial charge on any atom is -0.342 e. The topological polar surface area (TPSA) is 79.7 Å². The summed E-state index contributed by atoms with van der Waals surface area (Å²) >= 11 is 0. The lowest BCUT2D eigenvalue weighted by molar-refractivity contribution is 0.0690. The third-order valence-corrected chi connectivity index (χ3v) is 5.55. The van der Waals surface area contributed by atoms with Crippen LogP contribution in [0.25, 0.3) is 16.9 Å². The number of nitrogens with one attached hydrogen (secondary N) is 1. The van der Waals surface area contributed by atoms with Crippen LogP contribution in [0.3, 0.4) is 0 Å². The monoisotopic (exact) mass is 386 g/mol. The Morgan fingerprint density at radius 3 is 2.76 bits per heavy atom. The van der Waals surface area contributed by atoms with Gasteiger partial charge in [0.25, 0.3) is 5.91 Å². The van der Waals surface area contributed by atoms with Crippen molar-refractivity contribution in [1.29, 1.82) is 0 Å². The highest BCUT2D eigenvalue weighted by Gasteiger charge is 2.25. The molecule has 0 atom stereocenters. The number of hydrogen-bond acceptors (Lipinski definition) is 4. The Balaban J connectivity index is 1.22. The number of para-hydroxylation sites is 2. The van der Waals surface area contributed by atoms with E-state index in [-0.39, 0.29) is 5.91 Å². The first-order valence-corrected chi connectivity index (χ1v) is 9.95. The van der Waals surface area contributed by atoms with Gasteiger partial charge in [-0.15, -0.1) is 0 Å². The molecule has 4 aromatic rings. The number of H-pyrrole nitrogens is 1. The number of pyridine rings is 1. The molecule has 4 heterocycles. The Bertz CT molecular complexity index is 1090. The fourth-order valence-electron chi connectivity index (χ4n) is 3.98. The minimum atomic E-state index is 0.0583. The number of imidazole rings is 1. The fourth-order valence-corrected chi connectivity index (χ4v) is 3.98. The number of likely N-dealkylation sites (tertiary alicyclic amines) is 1. The largest absolute Gasteiger partial charge is 0.342 e. The molecule has 1 amide bonds. The normalized spacial score (nSPS) is 15.1. The molecule has 146 valence electrons. The highest BCUT2D eigenvalue weighted by atomic mass is 16.2. The van der Waals surface area contributed by atoms with Crippen molar-refractivity contribution in [2.24, 2.45) is 5.92 Å². The Kier molecular flexibility index (Phi) is 4.56. The lowest BCUT2D eigenvalue weighted by atomic mass is 9.93. The third kappa shape index (κ3) is 3.63. The summed E-state index contributed by atoms with van der Waals surface area (Å²) in [6.07, 6.45) is 8.08. The van der Waals surface area contributed by atoms with E-state index < -0.39 is 0 Å². The number of benzene rings is 1. The number of aromatic amines is 1. The molecule has 1 aliphatic heterocycles. The molecule has 1 saturated heterocycles. The van der Waals surface area contributed by atoms with E-state index in [9.17, 15) is 4.79 Å². The predicted octanol–water partition coefficient (Wildman–Crippen LogP) is 3.24. The molecule has 0 saturated carbocycles. The molecule has 1 aromatic carbocycles. The molecule has 29 heavy (non-hydrogen) atoms. The summed E-state index contributed by atoms with van der Waals surface area (Å²) in [4.78, 5) is 27.3. The second-order valence-corrected chi connectivity index (χ2v) is 7.49. The summed E-state index contributed by atoms with van der Waals surface area (Å²) in [5, 5.41) is 4.19. The van der Waals surface area contributed by atoms with Crippen molar-refractivity contribution in [2.45, 2.75) is 19.3 Å².